The minimum atomic E-state index is 0. The molecule has 0 amide bonds. The number of aryl methyl sites for hydroxylation is 1. The van der Waals surface area contributed by atoms with Crippen LogP contribution in [0.15, 0.2) is 83.2 Å². The van der Waals surface area contributed by atoms with Crippen LogP contribution in [0.1, 0.15) is 0 Å². The van der Waals surface area contributed by atoms with E-state index in [1.54, 1.807) is 0 Å². The van der Waals surface area contributed by atoms with Crippen LogP contribution in [-0.2, 0) is 7.05 Å². The van der Waals surface area contributed by atoms with Gasteiger partial charge in [-0.2, -0.15) is 0 Å². The molecule has 0 saturated heterocycles. The maximum atomic E-state index is 5.68. The van der Waals surface area contributed by atoms with E-state index in [0.29, 0.717) is 0 Å². The topological polar surface area (TPSA) is 66.6 Å². The summed E-state index contributed by atoms with van der Waals surface area (Å²) in [6.07, 6.45) is 1.94. The minimum Gasteiger partial charge on any atom is -1.00 e. The number of hydrogen-bond donors (Lipinski definition) is 2. The van der Waals surface area contributed by atoms with E-state index in [0.717, 1.165) is 28.6 Å². The molecule has 0 aliphatic heterocycles. The van der Waals surface area contributed by atoms with Gasteiger partial charge in [0.15, 0.2) is 0 Å². The Morgan fingerprint density at radius 2 is 1.46 bits per heavy atom. The number of azo groups is 1. The van der Waals surface area contributed by atoms with Gasteiger partial charge in [0.05, 0.1) is 18.4 Å². The summed E-state index contributed by atoms with van der Waals surface area (Å²) in [4.78, 5) is 0. The molecule has 3 aromatic rings. The number of hydrogen-bond acceptors (Lipinski definition) is 4. The smallest absolute Gasteiger partial charge is 0.350 e. The van der Waals surface area contributed by atoms with Crippen LogP contribution in [0.5, 0.6) is 0 Å². The van der Waals surface area contributed by atoms with Crippen LogP contribution in [0.3, 0.4) is 0 Å². The van der Waals surface area contributed by atoms with Gasteiger partial charge in [-0.1, -0.05) is 6.07 Å². The molecule has 2 aromatic carbocycles. The van der Waals surface area contributed by atoms with Crippen molar-refractivity contribution in [2.24, 2.45) is 17.3 Å². The maximum absolute atomic E-state index is 5.68. The van der Waals surface area contributed by atoms with Crippen molar-refractivity contribution in [1.29, 1.82) is 0 Å². The molecule has 0 bridgehead atoms. The Hall–Kier alpha value is -2.92. The largest absolute Gasteiger partial charge is 1.00 e. The van der Waals surface area contributed by atoms with E-state index in [1.165, 1.54) is 0 Å². The number of nitrogen functional groups attached to an aromatic ring is 1. The standard InChI is InChI=1S/C18H17N5.ClH/c1-23-13-3-2-4-18(23)22-21-17-11-9-16(10-12-17)20-15-7-5-14(19)6-8-15;/h2-13H,1H3,(H2,19,21);1H. The van der Waals surface area contributed by atoms with Crippen molar-refractivity contribution in [1.82, 2.24) is 0 Å². The van der Waals surface area contributed by atoms with Crippen LogP contribution < -0.4 is 28.0 Å². The first-order valence-corrected chi connectivity index (χ1v) is 7.30. The highest BCUT2D eigenvalue weighted by Gasteiger charge is 2.03. The minimum absolute atomic E-state index is 0. The summed E-state index contributed by atoms with van der Waals surface area (Å²) >= 11 is 0. The number of anilines is 3. The lowest BCUT2D eigenvalue weighted by atomic mass is 10.2. The summed E-state index contributed by atoms with van der Waals surface area (Å²) in [6, 6.07) is 21.2. The Balaban J connectivity index is 0.00000208. The zero-order chi connectivity index (χ0) is 16.1. The van der Waals surface area contributed by atoms with E-state index in [1.807, 2.05) is 84.5 Å². The van der Waals surface area contributed by atoms with Crippen molar-refractivity contribution < 1.29 is 17.0 Å². The average Bonchev–Trinajstić information content (AvgIpc) is 2.58. The Morgan fingerprint density at radius 1 is 0.833 bits per heavy atom. The van der Waals surface area contributed by atoms with Crippen molar-refractivity contribution in [2.45, 2.75) is 0 Å². The third kappa shape index (κ3) is 4.54. The number of nitrogens with one attached hydrogen (secondary N) is 1. The fourth-order valence-electron chi connectivity index (χ4n) is 2.07. The van der Waals surface area contributed by atoms with E-state index in [4.69, 9.17) is 5.73 Å². The van der Waals surface area contributed by atoms with E-state index in [-0.39, 0.29) is 12.4 Å². The molecule has 0 unspecified atom stereocenters. The van der Waals surface area contributed by atoms with Crippen LogP contribution in [0.4, 0.5) is 28.6 Å². The molecule has 122 valence electrons. The van der Waals surface area contributed by atoms with Crippen molar-refractivity contribution in [3.63, 3.8) is 0 Å². The highest BCUT2D eigenvalue weighted by molar-refractivity contribution is 5.63. The fourth-order valence-corrected chi connectivity index (χ4v) is 2.07. The van der Waals surface area contributed by atoms with Crippen LogP contribution in [0.2, 0.25) is 0 Å². The van der Waals surface area contributed by atoms with Gasteiger partial charge in [0.25, 0.3) is 0 Å². The molecule has 3 N–H and O–H groups in total. The molecule has 1 heterocycles. The van der Waals surface area contributed by atoms with Gasteiger partial charge in [-0.05, 0) is 59.7 Å². The quantitative estimate of drug-likeness (QED) is 0.427. The zero-order valence-corrected chi connectivity index (χ0v) is 14.0. The van der Waals surface area contributed by atoms with Gasteiger partial charge >= 0.3 is 5.82 Å². The second-order valence-corrected chi connectivity index (χ2v) is 5.16. The SMILES string of the molecule is C[n+]1ccccc1/N=N/c1ccc(Nc2ccc(N)cc2)cc1.[Cl-]. The highest BCUT2D eigenvalue weighted by Crippen LogP contribution is 2.22. The Bertz CT molecular complexity index is 814. The summed E-state index contributed by atoms with van der Waals surface area (Å²) in [5.74, 6) is 0.802. The molecule has 0 aliphatic carbocycles. The maximum Gasteiger partial charge on any atom is 0.350 e. The highest BCUT2D eigenvalue weighted by atomic mass is 35.5. The molecular formula is C18H18ClN5. The van der Waals surface area contributed by atoms with Crippen LogP contribution >= 0.6 is 0 Å². The monoisotopic (exact) mass is 339 g/mol. The lowest BCUT2D eigenvalue weighted by molar-refractivity contribution is -0.658. The number of pyridine rings is 1. The molecule has 24 heavy (non-hydrogen) atoms. The molecular weight excluding hydrogens is 322 g/mol. The van der Waals surface area contributed by atoms with Gasteiger partial charge in [-0.25, -0.2) is 4.57 Å². The van der Waals surface area contributed by atoms with Gasteiger partial charge in [-0.15, -0.1) is 0 Å². The molecule has 3 rings (SSSR count). The number of halogens is 1. The summed E-state index contributed by atoms with van der Waals surface area (Å²) in [5.41, 5.74) is 9.21. The number of rotatable bonds is 4. The molecule has 0 aliphatic rings. The Morgan fingerprint density at radius 3 is 2.08 bits per heavy atom. The molecule has 0 fully saturated rings. The summed E-state index contributed by atoms with van der Waals surface area (Å²) in [7, 11) is 1.94. The van der Waals surface area contributed by atoms with Crippen molar-refractivity contribution in [2.75, 3.05) is 11.1 Å². The first-order chi connectivity index (χ1) is 11.2. The molecule has 5 nitrogen and oxygen atoms in total. The van der Waals surface area contributed by atoms with Gasteiger partial charge < -0.3 is 23.5 Å². The third-order valence-electron chi connectivity index (χ3n) is 3.36. The fraction of sp³-hybridized carbons (Fsp3) is 0.0556. The molecule has 6 heteroatoms. The summed E-state index contributed by atoms with van der Waals surface area (Å²) in [5, 5.41) is 11.8. The predicted molar refractivity (Wildman–Crippen MR) is 92.4 cm³/mol. The van der Waals surface area contributed by atoms with Crippen molar-refractivity contribution in [3.05, 3.63) is 72.9 Å². The molecule has 0 saturated carbocycles. The molecule has 0 atom stereocenters. The number of nitrogens with two attached hydrogens (primary N) is 1. The third-order valence-corrected chi connectivity index (χ3v) is 3.36. The normalized spacial score (nSPS) is 10.4. The summed E-state index contributed by atoms with van der Waals surface area (Å²) in [6.45, 7) is 0. The van der Waals surface area contributed by atoms with Crippen LogP contribution in [0, 0.1) is 0 Å². The first kappa shape index (κ1) is 17.4. The Kier molecular flexibility index (Phi) is 5.87. The lowest BCUT2D eigenvalue weighted by Gasteiger charge is -2.06. The van der Waals surface area contributed by atoms with Gasteiger partial charge in [0, 0.05) is 23.1 Å². The van der Waals surface area contributed by atoms with E-state index >= 15 is 0 Å². The molecule has 0 radical (unpaired) electrons. The van der Waals surface area contributed by atoms with Crippen molar-refractivity contribution in [3.8, 4) is 0 Å². The van der Waals surface area contributed by atoms with E-state index < -0.39 is 0 Å². The van der Waals surface area contributed by atoms with E-state index in [2.05, 4.69) is 15.5 Å². The van der Waals surface area contributed by atoms with Gasteiger partial charge in [-0.3, -0.25) is 0 Å². The zero-order valence-electron chi connectivity index (χ0n) is 13.2. The lowest BCUT2D eigenvalue weighted by Crippen LogP contribution is -3.00. The number of benzene rings is 2. The average molecular weight is 340 g/mol. The first-order valence-electron chi connectivity index (χ1n) is 7.30. The van der Waals surface area contributed by atoms with Crippen LogP contribution in [-0.4, -0.2) is 0 Å². The number of nitrogens with zero attached hydrogens (tertiary/aromatic N) is 3. The summed E-state index contributed by atoms with van der Waals surface area (Å²) < 4.78 is 1.92. The molecule has 0 spiro atoms. The van der Waals surface area contributed by atoms with Crippen molar-refractivity contribution >= 4 is 28.6 Å². The number of aromatic nitrogens is 1. The molecule has 1 aromatic heterocycles. The second-order valence-electron chi connectivity index (χ2n) is 5.16. The van der Waals surface area contributed by atoms with Gasteiger partial charge in [0.1, 0.15) is 5.69 Å². The Labute approximate surface area is 147 Å². The second kappa shape index (κ2) is 8.08. The van der Waals surface area contributed by atoms with E-state index in [9.17, 15) is 0 Å². The predicted octanol–water partition coefficient (Wildman–Crippen LogP) is 1.26. The van der Waals surface area contributed by atoms with Crippen LogP contribution in [0.25, 0.3) is 0 Å². The van der Waals surface area contributed by atoms with Gasteiger partial charge in [0.2, 0.25) is 0 Å².